The summed E-state index contributed by atoms with van der Waals surface area (Å²) >= 11 is 8.40. The first-order valence-electron chi connectivity index (χ1n) is 5.88. The van der Waals surface area contributed by atoms with Crippen molar-refractivity contribution in [2.45, 2.75) is 25.3 Å². The number of nitrogens with zero attached hydrogens (tertiary/aromatic N) is 1. The molecule has 1 aliphatic rings. The maximum absolute atomic E-state index is 12.4. The first-order valence-corrected chi connectivity index (χ1v) is 8.28. The van der Waals surface area contributed by atoms with Crippen molar-refractivity contribution in [2.24, 2.45) is 0 Å². The molecule has 2 rings (SSSR count). The van der Waals surface area contributed by atoms with Crippen molar-refractivity contribution in [2.75, 3.05) is 20.1 Å². The van der Waals surface area contributed by atoms with Gasteiger partial charge in [-0.2, -0.15) is 0 Å². The van der Waals surface area contributed by atoms with Gasteiger partial charge in [0.1, 0.15) is 0 Å². The molecule has 1 saturated heterocycles. The predicted molar refractivity (Wildman–Crippen MR) is 82.3 cm³/mol. The van der Waals surface area contributed by atoms with Gasteiger partial charge in [0.05, 0.1) is 13.1 Å². The van der Waals surface area contributed by atoms with Crippen LogP contribution in [0.15, 0.2) is 13.6 Å². The highest BCUT2D eigenvalue weighted by atomic mass is 79.9. The number of thiophene rings is 1. The summed E-state index contributed by atoms with van der Waals surface area (Å²) in [6.07, 6.45) is 2.00. The van der Waals surface area contributed by atoms with Crippen LogP contribution >= 0.6 is 43.2 Å². The van der Waals surface area contributed by atoms with Crippen LogP contribution in [0.25, 0.3) is 0 Å². The first-order chi connectivity index (χ1) is 8.45. The van der Waals surface area contributed by atoms with Gasteiger partial charge >= 0.3 is 0 Å². The fourth-order valence-electron chi connectivity index (χ4n) is 2.11. The second-order valence-electron chi connectivity index (χ2n) is 4.84. The third-order valence-electron chi connectivity index (χ3n) is 3.64. The summed E-state index contributed by atoms with van der Waals surface area (Å²) in [7, 11) is 1.99. The summed E-state index contributed by atoms with van der Waals surface area (Å²) < 4.78 is 1.89. The van der Waals surface area contributed by atoms with Gasteiger partial charge in [-0.15, -0.1) is 11.3 Å². The Morgan fingerprint density at radius 1 is 1.44 bits per heavy atom. The van der Waals surface area contributed by atoms with E-state index in [0.717, 1.165) is 39.1 Å². The molecular weight excluding hydrogens is 380 g/mol. The first kappa shape index (κ1) is 14.5. The summed E-state index contributed by atoms with van der Waals surface area (Å²) in [6, 6.07) is 1.89. The minimum atomic E-state index is 0.127. The zero-order chi connectivity index (χ0) is 13.3. The Labute approximate surface area is 128 Å². The molecule has 18 heavy (non-hydrogen) atoms. The molecule has 0 spiro atoms. The quantitative estimate of drug-likeness (QED) is 0.831. The number of likely N-dealkylation sites (tertiary alicyclic amines) is 1. The number of carbonyl (C=O) groups is 1. The van der Waals surface area contributed by atoms with Crippen LogP contribution in [-0.2, 0) is 0 Å². The van der Waals surface area contributed by atoms with Gasteiger partial charge in [0, 0.05) is 18.6 Å². The van der Waals surface area contributed by atoms with Crippen molar-refractivity contribution in [3.05, 3.63) is 19.2 Å². The van der Waals surface area contributed by atoms with Crippen LogP contribution in [0.2, 0.25) is 0 Å². The number of halogens is 2. The molecule has 0 saturated carbocycles. The molecule has 1 fully saturated rings. The van der Waals surface area contributed by atoms with Crippen molar-refractivity contribution in [3.8, 4) is 0 Å². The molecule has 0 unspecified atom stereocenters. The minimum absolute atomic E-state index is 0.127. The molecule has 6 heteroatoms. The van der Waals surface area contributed by atoms with Crippen LogP contribution < -0.4 is 5.32 Å². The second kappa shape index (κ2) is 5.61. The van der Waals surface area contributed by atoms with Crippen molar-refractivity contribution in [1.29, 1.82) is 0 Å². The summed E-state index contributed by atoms with van der Waals surface area (Å²) in [5, 5.41) is 3.34. The van der Waals surface area contributed by atoms with Gasteiger partial charge in [-0.05, 0) is 64.7 Å². The zero-order valence-electron chi connectivity index (χ0n) is 10.4. The lowest BCUT2D eigenvalue weighted by Gasteiger charge is -2.39. The molecule has 0 aliphatic carbocycles. The topological polar surface area (TPSA) is 32.3 Å². The lowest BCUT2D eigenvalue weighted by Crippen LogP contribution is -2.51. The highest BCUT2D eigenvalue weighted by Crippen LogP contribution is 2.33. The number of nitrogens with one attached hydrogen (secondary N) is 1. The Morgan fingerprint density at radius 2 is 2.06 bits per heavy atom. The van der Waals surface area contributed by atoms with Crippen LogP contribution in [0.5, 0.6) is 0 Å². The molecule has 0 radical (unpaired) electrons. The van der Waals surface area contributed by atoms with Crippen LogP contribution in [0.1, 0.15) is 30.1 Å². The number of amides is 1. The summed E-state index contributed by atoms with van der Waals surface area (Å²) in [5.41, 5.74) is 0.934. The van der Waals surface area contributed by atoms with E-state index in [0.29, 0.717) is 0 Å². The molecule has 1 aliphatic heterocycles. The maximum Gasteiger partial charge on any atom is 0.255 e. The number of hydrogen-bond acceptors (Lipinski definition) is 3. The van der Waals surface area contributed by atoms with Crippen LogP contribution in [0.4, 0.5) is 0 Å². The monoisotopic (exact) mass is 394 g/mol. The van der Waals surface area contributed by atoms with Gasteiger partial charge in [-0.25, -0.2) is 0 Å². The Kier molecular flexibility index (Phi) is 4.52. The Morgan fingerprint density at radius 3 is 2.50 bits per heavy atom. The lowest BCUT2D eigenvalue weighted by molar-refractivity contribution is 0.0661. The minimum Gasteiger partial charge on any atom is -0.338 e. The average Bonchev–Trinajstić information content (AvgIpc) is 2.69. The van der Waals surface area contributed by atoms with Crippen molar-refractivity contribution in [1.82, 2.24) is 10.2 Å². The molecule has 0 aromatic carbocycles. The normalized spacial score (nSPS) is 19.0. The van der Waals surface area contributed by atoms with Crippen LogP contribution in [0, 0.1) is 0 Å². The predicted octanol–water partition coefficient (Wildman–Crippen LogP) is 3.49. The highest BCUT2D eigenvalue weighted by Gasteiger charge is 2.31. The smallest absolute Gasteiger partial charge is 0.255 e. The lowest BCUT2D eigenvalue weighted by atomic mass is 9.90. The van der Waals surface area contributed by atoms with E-state index in [-0.39, 0.29) is 11.4 Å². The maximum atomic E-state index is 12.4. The van der Waals surface area contributed by atoms with Crippen molar-refractivity contribution < 1.29 is 4.79 Å². The van der Waals surface area contributed by atoms with E-state index in [9.17, 15) is 4.79 Å². The molecule has 1 amide bonds. The summed E-state index contributed by atoms with van der Waals surface area (Å²) in [4.78, 5) is 14.3. The zero-order valence-corrected chi connectivity index (χ0v) is 14.4. The third kappa shape index (κ3) is 2.98. The van der Waals surface area contributed by atoms with Gasteiger partial charge < -0.3 is 10.2 Å². The largest absolute Gasteiger partial charge is 0.338 e. The molecule has 1 aromatic heterocycles. The molecule has 1 aromatic rings. The Hall–Kier alpha value is 0.0900. The van der Waals surface area contributed by atoms with Crippen molar-refractivity contribution in [3.63, 3.8) is 0 Å². The van der Waals surface area contributed by atoms with E-state index in [1.165, 1.54) is 11.3 Å². The number of hydrogen-bond donors (Lipinski definition) is 1. The van der Waals surface area contributed by atoms with E-state index in [1.807, 2.05) is 18.0 Å². The second-order valence-corrected chi connectivity index (χ2v) is 8.59. The van der Waals surface area contributed by atoms with Crippen LogP contribution in [-0.4, -0.2) is 36.5 Å². The SMILES string of the molecule is CNC1(C)CCN(C(=O)c2cc(Br)sc2Br)CC1. The molecule has 100 valence electrons. The van der Waals surface area contributed by atoms with E-state index in [2.05, 4.69) is 44.1 Å². The molecule has 1 N–H and O–H groups in total. The van der Waals surface area contributed by atoms with Gasteiger partial charge in [-0.3, -0.25) is 4.79 Å². The molecule has 0 bridgehead atoms. The third-order valence-corrected chi connectivity index (χ3v) is 5.98. The number of rotatable bonds is 2. The number of carbonyl (C=O) groups excluding carboxylic acids is 1. The van der Waals surface area contributed by atoms with Gasteiger partial charge in [0.15, 0.2) is 0 Å². The molecular formula is C12H16Br2N2OS. The average molecular weight is 396 g/mol. The summed E-state index contributed by atoms with van der Waals surface area (Å²) in [5.74, 6) is 0.127. The molecule has 0 atom stereocenters. The molecule has 3 nitrogen and oxygen atoms in total. The van der Waals surface area contributed by atoms with Gasteiger partial charge in [0.2, 0.25) is 0 Å². The van der Waals surface area contributed by atoms with E-state index in [4.69, 9.17) is 0 Å². The Balaban J connectivity index is 2.06. The fourth-order valence-corrected chi connectivity index (χ4v) is 4.89. The van der Waals surface area contributed by atoms with E-state index >= 15 is 0 Å². The fraction of sp³-hybridized carbons (Fsp3) is 0.583. The molecule has 2 heterocycles. The van der Waals surface area contributed by atoms with Crippen LogP contribution in [0.3, 0.4) is 0 Å². The highest BCUT2D eigenvalue weighted by molar-refractivity contribution is 9.12. The van der Waals surface area contributed by atoms with E-state index in [1.54, 1.807) is 0 Å². The van der Waals surface area contributed by atoms with Gasteiger partial charge in [-0.1, -0.05) is 0 Å². The Bertz CT molecular complexity index is 453. The van der Waals surface area contributed by atoms with E-state index < -0.39 is 0 Å². The number of piperidine rings is 1. The van der Waals surface area contributed by atoms with Gasteiger partial charge in [0.25, 0.3) is 5.91 Å². The summed E-state index contributed by atoms with van der Waals surface area (Å²) in [6.45, 7) is 3.85. The standard InChI is InChI=1S/C12H16Br2N2OS/c1-12(15-2)3-5-16(6-4-12)11(17)8-7-9(13)18-10(8)14/h7,15H,3-6H2,1-2H3. The van der Waals surface area contributed by atoms with Crippen molar-refractivity contribution >= 4 is 49.1 Å².